The van der Waals surface area contributed by atoms with Crippen LogP contribution < -0.4 is 5.32 Å². The van der Waals surface area contributed by atoms with Crippen LogP contribution in [-0.2, 0) is 19.5 Å². The van der Waals surface area contributed by atoms with Gasteiger partial charge in [0.1, 0.15) is 0 Å². The molecule has 31 heavy (non-hydrogen) atoms. The van der Waals surface area contributed by atoms with E-state index in [0.29, 0.717) is 6.54 Å². The van der Waals surface area contributed by atoms with Crippen molar-refractivity contribution in [2.45, 2.75) is 19.5 Å². The summed E-state index contributed by atoms with van der Waals surface area (Å²) in [4.78, 5) is 14.6. The lowest BCUT2D eigenvalue weighted by molar-refractivity contribution is 0.206. The quantitative estimate of drug-likeness (QED) is 0.505. The first-order valence-electron chi connectivity index (χ1n) is 10.5. The number of hydrogen-bond donors (Lipinski definition) is 1. The van der Waals surface area contributed by atoms with Crippen LogP contribution in [-0.4, -0.2) is 27.3 Å². The summed E-state index contributed by atoms with van der Waals surface area (Å²) in [5.74, 6) is 0. The molecule has 0 aliphatic carbocycles. The molecule has 4 aromatic rings. The predicted molar refractivity (Wildman–Crippen MR) is 123 cm³/mol. The van der Waals surface area contributed by atoms with E-state index in [1.807, 2.05) is 70.5 Å². The second-order valence-electron chi connectivity index (χ2n) is 7.86. The van der Waals surface area contributed by atoms with Gasteiger partial charge in [0.15, 0.2) is 0 Å². The molecule has 2 amide bonds. The van der Waals surface area contributed by atoms with Gasteiger partial charge in [-0.05, 0) is 40.8 Å². The van der Waals surface area contributed by atoms with E-state index in [1.54, 1.807) is 0 Å². The van der Waals surface area contributed by atoms with Gasteiger partial charge >= 0.3 is 6.03 Å². The largest absolute Gasteiger partial charge is 0.322 e. The Hall–Kier alpha value is -3.86. The van der Waals surface area contributed by atoms with Crippen molar-refractivity contribution in [2.24, 2.45) is 0 Å². The van der Waals surface area contributed by atoms with Gasteiger partial charge in [0.2, 0.25) is 0 Å². The van der Waals surface area contributed by atoms with Crippen molar-refractivity contribution in [1.29, 1.82) is 0 Å². The number of nitrogens with zero attached hydrogens (tertiary/aromatic N) is 3. The molecule has 0 spiro atoms. The van der Waals surface area contributed by atoms with Gasteiger partial charge in [0, 0.05) is 30.5 Å². The van der Waals surface area contributed by atoms with Crippen LogP contribution >= 0.6 is 0 Å². The van der Waals surface area contributed by atoms with E-state index in [9.17, 15) is 4.79 Å². The molecule has 5 nitrogen and oxygen atoms in total. The zero-order valence-corrected chi connectivity index (χ0v) is 17.2. The minimum Gasteiger partial charge on any atom is -0.320 e. The molecule has 5 rings (SSSR count). The van der Waals surface area contributed by atoms with E-state index in [2.05, 4.69) is 40.7 Å². The third-order valence-corrected chi connectivity index (χ3v) is 5.71. The van der Waals surface area contributed by atoms with Crippen LogP contribution in [0.4, 0.5) is 10.5 Å². The lowest BCUT2D eigenvalue weighted by Crippen LogP contribution is -2.38. The van der Waals surface area contributed by atoms with Crippen molar-refractivity contribution >= 4 is 11.7 Å². The van der Waals surface area contributed by atoms with E-state index in [4.69, 9.17) is 0 Å². The van der Waals surface area contributed by atoms with Crippen LogP contribution in [0.25, 0.3) is 11.1 Å². The standard InChI is InChI=1S/C26H24N4O/c31-26(29-15-14-21-8-4-5-9-23(21)18-29)28-25-12-10-22(11-13-25)24-16-27-30(19-24)17-20-6-2-1-3-7-20/h1-13,16,19H,14-15,17-18H2,(H,28,31). The van der Waals surface area contributed by atoms with Gasteiger partial charge in [-0.3, -0.25) is 4.68 Å². The van der Waals surface area contributed by atoms with E-state index in [-0.39, 0.29) is 6.03 Å². The Morgan fingerprint density at radius 1 is 0.871 bits per heavy atom. The van der Waals surface area contributed by atoms with Crippen molar-refractivity contribution in [1.82, 2.24) is 14.7 Å². The van der Waals surface area contributed by atoms with Crippen LogP contribution in [0.2, 0.25) is 0 Å². The third-order valence-electron chi connectivity index (χ3n) is 5.71. The molecule has 0 atom stereocenters. The van der Waals surface area contributed by atoms with Crippen LogP contribution in [0.1, 0.15) is 16.7 Å². The molecule has 5 heteroatoms. The Labute approximate surface area is 182 Å². The van der Waals surface area contributed by atoms with Crippen molar-refractivity contribution in [3.63, 3.8) is 0 Å². The van der Waals surface area contributed by atoms with Crippen LogP contribution in [0, 0.1) is 0 Å². The summed E-state index contributed by atoms with van der Waals surface area (Å²) in [6, 6.07) is 26.5. The number of anilines is 1. The molecule has 2 heterocycles. The lowest BCUT2D eigenvalue weighted by atomic mass is 10.0. The summed E-state index contributed by atoms with van der Waals surface area (Å²) in [6.07, 6.45) is 4.82. The molecule has 0 unspecified atom stereocenters. The Balaban J connectivity index is 1.22. The van der Waals surface area contributed by atoms with Crippen LogP contribution in [0.15, 0.2) is 91.3 Å². The van der Waals surface area contributed by atoms with Gasteiger partial charge in [-0.15, -0.1) is 0 Å². The smallest absolute Gasteiger partial charge is 0.320 e. The highest BCUT2D eigenvalue weighted by atomic mass is 16.2. The summed E-state index contributed by atoms with van der Waals surface area (Å²) in [5.41, 5.74) is 6.71. The average Bonchev–Trinajstić information content (AvgIpc) is 3.28. The van der Waals surface area contributed by atoms with E-state index < -0.39 is 0 Å². The molecule has 3 aromatic carbocycles. The van der Waals surface area contributed by atoms with Crippen molar-refractivity contribution < 1.29 is 4.79 Å². The maximum Gasteiger partial charge on any atom is 0.322 e. The number of fused-ring (bicyclic) bond motifs is 1. The Kier molecular flexibility index (Phi) is 5.23. The molecule has 0 fully saturated rings. The maximum atomic E-state index is 12.7. The van der Waals surface area contributed by atoms with E-state index >= 15 is 0 Å². The van der Waals surface area contributed by atoms with Crippen LogP contribution in [0.5, 0.6) is 0 Å². The number of rotatable bonds is 4. The number of hydrogen-bond acceptors (Lipinski definition) is 2. The minimum atomic E-state index is -0.0575. The first-order chi connectivity index (χ1) is 15.2. The van der Waals surface area contributed by atoms with Gasteiger partial charge in [0.25, 0.3) is 0 Å². The highest BCUT2D eigenvalue weighted by Crippen LogP contribution is 2.23. The first-order valence-corrected chi connectivity index (χ1v) is 10.5. The Morgan fingerprint density at radius 3 is 2.42 bits per heavy atom. The zero-order chi connectivity index (χ0) is 21.0. The van der Waals surface area contributed by atoms with Crippen molar-refractivity contribution in [3.05, 3.63) is 108 Å². The van der Waals surface area contributed by atoms with E-state index in [1.165, 1.54) is 16.7 Å². The molecule has 1 aromatic heterocycles. The third kappa shape index (κ3) is 4.36. The molecule has 0 saturated heterocycles. The Morgan fingerprint density at radius 2 is 1.61 bits per heavy atom. The van der Waals surface area contributed by atoms with Gasteiger partial charge in [-0.25, -0.2) is 4.79 Å². The summed E-state index contributed by atoms with van der Waals surface area (Å²) in [5, 5.41) is 7.50. The summed E-state index contributed by atoms with van der Waals surface area (Å²) in [6.45, 7) is 2.14. The molecule has 1 N–H and O–H groups in total. The number of carbonyl (C=O) groups excluding carboxylic acids is 1. The number of aromatic nitrogens is 2. The molecular formula is C26H24N4O. The zero-order valence-electron chi connectivity index (χ0n) is 17.2. The van der Waals surface area contributed by atoms with Gasteiger partial charge in [-0.1, -0.05) is 66.7 Å². The molecule has 1 aliphatic heterocycles. The second-order valence-corrected chi connectivity index (χ2v) is 7.86. The number of benzene rings is 3. The fourth-order valence-electron chi connectivity index (χ4n) is 3.99. The predicted octanol–water partition coefficient (Wildman–Crippen LogP) is 5.19. The van der Waals surface area contributed by atoms with E-state index in [0.717, 1.165) is 36.3 Å². The fraction of sp³-hybridized carbons (Fsp3) is 0.154. The number of amides is 2. The second kappa shape index (κ2) is 8.48. The fourth-order valence-corrected chi connectivity index (χ4v) is 3.99. The SMILES string of the molecule is O=C(Nc1ccc(-c2cnn(Cc3ccccc3)c2)cc1)N1CCc2ccccc2C1. The van der Waals surface area contributed by atoms with Crippen molar-refractivity contribution in [2.75, 3.05) is 11.9 Å². The molecule has 154 valence electrons. The molecule has 1 aliphatic rings. The molecule has 0 saturated carbocycles. The topological polar surface area (TPSA) is 50.2 Å². The van der Waals surface area contributed by atoms with Crippen molar-refractivity contribution in [3.8, 4) is 11.1 Å². The molecule has 0 radical (unpaired) electrons. The van der Waals surface area contributed by atoms with Gasteiger partial charge < -0.3 is 10.2 Å². The summed E-state index contributed by atoms with van der Waals surface area (Å²) < 4.78 is 1.94. The first kappa shape index (κ1) is 19.1. The van der Waals surface area contributed by atoms with Crippen LogP contribution in [0.3, 0.4) is 0 Å². The molecule has 0 bridgehead atoms. The highest BCUT2D eigenvalue weighted by Gasteiger charge is 2.20. The highest BCUT2D eigenvalue weighted by molar-refractivity contribution is 5.89. The number of urea groups is 1. The maximum absolute atomic E-state index is 12.7. The normalized spacial score (nSPS) is 13.0. The molecular weight excluding hydrogens is 384 g/mol. The average molecular weight is 409 g/mol. The monoisotopic (exact) mass is 408 g/mol. The number of nitrogens with one attached hydrogen (secondary N) is 1. The van der Waals surface area contributed by atoms with Gasteiger partial charge in [0.05, 0.1) is 12.7 Å². The number of carbonyl (C=O) groups is 1. The summed E-state index contributed by atoms with van der Waals surface area (Å²) in [7, 11) is 0. The van der Waals surface area contributed by atoms with Gasteiger partial charge in [-0.2, -0.15) is 5.10 Å². The minimum absolute atomic E-state index is 0.0575. The summed E-state index contributed by atoms with van der Waals surface area (Å²) >= 11 is 0. The Bertz CT molecular complexity index is 1180. The lowest BCUT2D eigenvalue weighted by Gasteiger charge is -2.29.